The van der Waals surface area contributed by atoms with E-state index in [-0.39, 0.29) is 5.91 Å². The fraction of sp³-hybridized carbons (Fsp3) is 0.238. The van der Waals surface area contributed by atoms with Crippen LogP contribution in [0.3, 0.4) is 0 Å². The summed E-state index contributed by atoms with van der Waals surface area (Å²) in [4.78, 5) is 17.1. The van der Waals surface area contributed by atoms with Crippen LogP contribution in [-0.4, -0.2) is 51.7 Å². The topological polar surface area (TPSA) is 41.4 Å². The van der Waals surface area contributed by atoms with Crippen LogP contribution in [0.2, 0.25) is 0 Å². The zero-order valence-corrected chi connectivity index (χ0v) is 14.7. The van der Waals surface area contributed by atoms with Crippen molar-refractivity contribution < 1.29 is 4.79 Å². The third-order valence-corrected chi connectivity index (χ3v) is 4.76. The molecule has 0 saturated carbocycles. The van der Waals surface area contributed by atoms with Crippen LogP contribution in [0.25, 0.3) is 5.69 Å². The van der Waals surface area contributed by atoms with Crippen LogP contribution in [-0.2, 0) is 6.54 Å². The number of carbonyl (C=O) groups excluding carboxylic acids is 1. The molecule has 4 rings (SSSR count). The van der Waals surface area contributed by atoms with E-state index in [2.05, 4.69) is 34.3 Å². The summed E-state index contributed by atoms with van der Waals surface area (Å²) in [5, 5.41) is 4.33. The van der Waals surface area contributed by atoms with Crippen LogP contribution in [0.15, 0.2) is 73.1 Å². The van der Waals surface area contributed by atoms with Gasteiger partial charge in [0.2, 0.25) is 0 Å². The van der Waals surface area contributed by atoms with Gasteiger partial charge in [0.15, 0.2) is 0 Å². The number of rotatable bonds is 4. The third kappa shape index (κ3) is 3.68. The molecular weight excluding hydrogens is 324 g/mol. The lowest BCUT2D eigenvalue weighted by Gasteiger charge is -2.34. The molecule has 1 amide bonds. The van der Waals surface area contributed by atoms with Gasteiger partial charge in [-0.05, 0) is 17.7 Å². The van der Waals surface area contributed by atoms with Crippen molar-refractivity contribution in [3.05, 3.63) is 84.2 Å². The highest BCUT2D eigenvalue weighted by Gasteiger charge is 2.23. The van der Waals surface area contributed by atoms with Crippen molar-refractivity contribution >= 4 is 5.91 Å². The molecule has 1 aliphatic heterocycles. The van der Waals surface area contributed by atoms with E-state index in [1.165, 1.54) is 5.56 Å². The lowest BCUT2D eigenvalue weighted by molar-refractivity contribution is 0.0628. The molecule has 3 aromatic rings. The predicted molar refractivity (Wildman–Crippen MR) is 101 cm³/mol. The van der Waals surface area contributed by atoms with Gasteiger partial charge in [-0.2, -0.15) is 5.10 Å². The molecular formula is C21H22N4O. The Bertz CT molecular complexity index is 852. The molecule has 0 spiro atoms. The van der Waals surface area contributed by atoms with Crippen molar-refractivity contribution in [2.45, 2.75) is 6.54 Å². The van der Waals surface area contributed by atoms with Crippen molar-refractivity contribution in [3.8, 4) is 5.69 Å². The van der Waals surface area contributed by atoms with E-state index in [0.29, 0.717) is 5.56 Å². The summed E-state index contributed by atoms with van der Waals surface area (Å²) in [5.74, 6) is 0.0616. The van der Waals surface area contributed by atoms with Crippen LogP contribution in [0.1, 0.15) is 15.9 Å². The molecule has 1 saturated heterocycles. The summed E-state index contributed by atoms with van der Waals surface area (Å²) < 4.78 is 1.75. The lowest BCUT2D eigenvalue weighted by atomic mass is 10.2. The number of amides is 1. The van der Waals surface area contributed by atoms with Gasteiger partial charge in [0.25, 0.3) is 5.91 Å². The zero-order valence-electron chi connectivity index (χ0n) is 14.7. The number of para-hydroxylation sites is 1. The second-order valence-corrected chi connectivity index (χ2v) is 6.56. The molecule has 0 N–H and O–H groups in total. The third-order valence-electron chi connectivity index (χ3n) is 4.76. The van der Waals surface area contributed by atoms with Gasteiger partial charge in [-0.15, -0.1) is 0 Å². The maximum atomic E-state index is 12.8. The van der Waals surface area contributed by atoms with Crippen LogP contribution < -0.4 is 0 Å². The SMILES string of the molecule is O=C(c1cnn(-c2ccccc2)c1)N1CCN(Cc2ccccc2)CC1. The van der Waals surface area contributed by atoms with E-state index >= 15 is 0 Å². The van der Waals surface area contributed by atoms with E-state index in [1.807, 2.05) is 47.5 Å². The maximum absolute atomic E-state index is 12.8. The van der Waals surface area contributed by atoms with E-state index in [1.54, 1.807) is 10.9 Å². The molecule has 0 bridgehead atoms. The summed E-state index contributed by atoms with van der Waals surface area (Å²) >= 11 is 0. The van der Waals surface area contributed by atoms with Crippen molar-refractivity contribution in [1.82, 2.24) is 19.6 Å². The van der Waals surface area contributed by atoms with Gasteiger partial charge in [0, 0.05) is 38.9 Å². The van der Waals surface area contributed by atoms with Crippen LogP contribution in [0.4, 0.5) is 0 Å². The number of carbonyl (C=O) groups is 1. The monoisotopic (exact) mass is 346 g/mol. The number of hydrogen-bond acceptors (Lipinski definition) is 3. The zero-order chi connectivity index (χ0) is 17.8. The predicted octanol–water partition coefficient (Wildman–Crippen LogP) is 2.83. The van der Waals surface area contributed by atoms with Gasteiger partial charge in [0.05, 0.1) is 17.4 Å². The Balaban J connectivity index is 1.36. The highest BCUT2D eigenvalue weighted by atomic mass is 16.2. The van der Waals surface area contributed by atoms with E-state index < -0.39 is 0 Å². The van der Waals surface area contributed by atoms with Crippen LogP contribution >= 0.6 is 0 Å². The second kappa shape index (κ2) is 7.54. The summed E-state index contributed by atoms with van der Waals surface area (Å²) in [6, 6.07) is 20.3. The molecule has 1 aliphatic rings. The van der Waals surface area contributed by atoms with E-state index in [9.17, 15) is 4.79 Å². The number of aromatic nitrogens is 2. The average Bonchev–Trinajstić information content (AvgIpc) is 3.20. The lowest BCUT2D eigenvalue weighted by Crippen LogP contribution is -2.48. The fourth-order valence-electron chi connectivity index (χ4n) is 3.29. The Kier molecular flexibility index (Phi) is 4.80. The van der Waals surface area contributed by atoms with E-state index in [4.69, 9.17) is 0 Å². The molecule has 0 unspecified atom stereocenters. The minimum absolute atomic E-state index is 0.0616. The number of benzene rings is 2. The quantitative estimate of drug-likeness (QED) is 0.729. The molecule has 0 aliphatic carbocycles. The van der Waals surface area contributed by atoms with Gasteiger partial charge < -0.3 is 4.90 Å². The first-order chi connectivity index (χ1) is 12.8. The van der Waals surface area contributed by atoms with Crippen molar-refractivity contribution in [2.24, 2.45) is 0 Å². The van der Waals surface area contributed by atoms with Crippen molar-refractivity contribution in [3.63, 3.8) is 0 Å². The van der Waals surface area contributed by atoms with Crippen molar-refractivity contribution in [2.75, 3.05) is 26.2 Å². The molecule has 1 fully saturated rings. The largest absolute Gasteiger partial charge is 0.336 e. The van der Waals surface area contributed by atoms with Gasteiger partial charge in [-0.1, -0.05) is 48.5 Å². The molecule has 26 heavy (non-hydrogen) atoms. The first kappa shape index (κ1) is 16.5. The average molecular weight is 346 g/mol. The summed E-state index contributed by atoms with van der Waals surface area (Å²) in [6.45, 7) is 4.24. The number of nitrogens with zero attached hydrogens (tertiary/aromatic N) is 4. The maximum Gasteiger partial charge on any atom is 0.257 e. The van der Waals surface area contributed by atoms with Gasteiger partial charge in [-0.3, -0.25) is 9.69 Å². The molecule has 5 nitrogen and oxygen atoms in total. The standard InChI is InChI=1S/C21H22N4O/c26-21(19-15-22-25(17-19)20-9-5-2-6-10-20)24-13-11-23(12-14-24)16-18-7-3-1-4-8-18/h1-10,15,17H,11-14,16H2. The van der Waals surface area contributed by atoms with Gasteiger partial charge in [0.1, 0.15) is 0 Å². The Morgan fingerprint density at radius 3 is 2.23 bits per heavy atom. The minimum atomic E-state index is 0.0616. The van der Waals surface area contributed by atoms with E-state index in [0.717, 1.165) is 38.4 Å². The minimum Gasteiger partial charge on any atom is -0.336 e. The smallest absolute Gasteiger partial charge is 0.257 e. The first-order valence-electron chi connectivity index (χ1n) is 8.95. The Morgan fingerprint density at radius 1 is 0.885 bits per heavy atom. The summed E-state index contributed by atoms with van der Waals surface area (Å²) in [6.07, 6.45) is 3.47. The van der Waals surface area contributed by atoms with Crippen LogP contribution in [0, 0.1) is 0 Å². The normalized spacial score (nSPS) is 15.2. The molecule has 0 atom stereocenters. The Labute approximate surface area is 153 Å². The Morgan fingerprint density at radius 2 is 1.54 bits per heavy atom. The molecule has 1 aromatic heterocycles. The number of hydrogen-bond donors (Lipinski definition) is 0. The number of piperazine rings is 1. The van der Waals surface area contributed by atoms with Crippen LogP contribution in [0.5, 0.6) is 0 Å². The van der Waals surface area contributed by atoms with Gasteiger partial charge >= 0.3 is 0 Å². The highest BCUT2D eigenvalue weighted by molar-refractivity contribution is 5.93. The molecule has 132 valence electrons. The van der Waals surface area contributed by atoms with Gasteiger partial charge in [-0.25, -0.2) is 4.68 Å². The van der Waals surface area contributed by atoms with Crippen molar-refractivity contribution in [1.29, 1.82) is 0 Å². The molecule has 0 radical (unpaired) electrons. The Hall–Kier alpha value is -2.92. The highest BCUT2D eigenvalue weighted by Crippen LogP contribution is 2.13. The molecule has 2 heterocycles. The second-order valence-electron chi connectivity index (χ2n) is 6.56. The first-order valence-corrected chi connectivity index (χ1v) is 8.95. The summed E-state index contributed by atoms with van der Waals surface area (Å²) in [5.41, 5.74) is 2.92. The molecule has 2 aromatic carbocycles. The fourth-order valence-corrected chi connectivity index (χ4v) is 3.29. The summed E-state index contributed by atoms with van der Waals surface area (Å²) in [7, 11) is 0. The molecule has 5 heteroatoms.